The Balaban J connectivity index is 2.56. The second-order valence-electron chi connectivity index (χ2n) is 3.11. The van der Waals surface area contributed by atoms with Crippen molar-refractivity contribution in [1.82, 2.24) is 9.55 Å². The number of aryl methyl sites for hydroxylation is 1. The van der Waals surface area contributed by atoms with Crippen molar-refractivity contribution in [3.63, 3.8) is 0 Å². The van der Waals surface area contributed by atoms with Gasteiger partial charge in [-0.3, -0.25) is 0 Å². The molecule has 72 valence electrons. The smallest absolute Gasteiger partial charge is 0.110 e. The molecule has 2 nitrogen and oxygen atoms in total. The number of hydrogen-bond acceptors (Lipinski definition) is 1. The van der Waals surface area contributed by atoms with Crippen LogP contribution in [-0.2, 0) is 5.88 Å². The van der Waals surface area contributed by atoms with Gasteiger partial charge in [0.25, 0.3) is 0 Å². The largest absolute Gasteiger partial charge is 0.304 e. The van der Waals surface area contributed by atoms with Crippen LogP contribution in [0.3, 0.4) is 0 Å². The van der Waals surface area contributed by atoms with Crippen molar-refractivity contribution < 1.29 is 0 Å². The number of para-hydroxylation sites is 1. The zero-order valence-electron chi connectivity index (χ0n) is 7.94. The van der Waals surface area contributed by atoms with Gasteiger partial charge in [0, 0.05) is 18.3 Å². The van der Waals surface area contributed by atoms with E-state index in [4.69, 9.17) is 11.6 Å². The number of imidazole rings is 1. The normalized spacial score (nSPS) is 10.4. The molecular formula is C11H11ClN2. The fourth-order valence-electron chi connectivity index (χ4n) is 1.49. The van der Waals surface area contributed by atoms with Gasteiger partial charge in [0.2, 0.25) is 0 Å². The molecule has 1 aromatic carbocycles. The van der Waals surface area contributed by atoms with Crippen LogP contribution in [0.1, 0.15) is 11.4 Å². The molecule has 0 spiro atoms. The standard InChI is InChI=1S/C11H11ClN2/c1-9-13-6-7-14(9)11-5-3-2-4-10(11)8-12/h2-7H,8H2,1H3. The Morgan fingerprint density at radius 3 is 2.79 bits per heavy atom. The zero-order valence-corrected chi connectivity index (χ0v) is 8.70. The van der Waals surface area contributed by atoms with Crippen LogP contribution in [0, 0.1) is 6.92 Å². The highest BCUT2D eigenvalue weighted by Gasteiger charge is 2.04. The van der Waals surface area contributed by atoms with Gasteiger partial charge >= 0.3 is 0 Å². The monoisotopic (exact) mass is 206 g/mol. The molecule has 2 aromatic rings. The van der Waals surface area contributed by atoms with Crippen molar-refractivity contribution in [3.05, 3.63) is 48.0 Å². The highest BCUT2D eigenvalue weighted by molar-refractivity contribution is 6.17. The Morgan fingerprint density at radius 1 is 1.36 bits per heavy atom. The van der Waals surface area contributed by atoms with E-state index in [0.717, 1.165) is 17.1 Å². The Bertz CT molecular complexity index is 434. The number of hydrogen-bond donors (Lipinski definition) is 0. The fraction of sp³-hybridized carbons (Fsp3) is 0.182. The average Bonchev–Trinajstić information content (AvgIpc) is 2.64. The van der Waals surface area contributed by atoms with Gasteiger partial charge in [-0.15, -0.1) is 11.6 Å². The highest BCUT2D eigenvalue weighted by Crippen LogP contribution is 2.17. The first kappa shape index (κ1) is 9.28. The maximum Gasteiger partial charge on any atom is 0.110 e. The predicted molar refractivity (Wildman–Crippen MR) is 57.9 cm³/mol. The first-order valence-electron chi connectivity index (χ1n) is 4.47. The number of halogens is 1. The van der Waals surface area contributed by atoms with E-state index in [1.54, 1.807) is 6.20 Å². The molecule has 14 heavy (non-hydrogen) atoms. The summed E-state index contributed by atoms with van der Waals surface area (Å²) >= 11 is 5.87. The number of alkyl halides is 1. The highest BCUT2D eigenvalue weighted by atomic mass is 35.5. The maximum absolute atomic E-state index is 5.87. The van der Waals surface area contributed by atoms with E-state index in [9.17, 15) is 0 Å². The molecule has 0 aliphatic rings. The molecule has 0 aliphatic carbocycles. The van der Waals surface area contributed by atoms with E-state index >= 15 is 0 Å². The third-order valence-electron chi connectivity index (χ3n) is 2.22. The molecule has 0 fully saturated rings. The lowest BCUT2D eigenvalue weighted by Gasteiger charge is -2.08. The maximum atomic E-state index is 5.87. The van der Waals surface area contributed by atoms with Crippen LogP contribution in [0.5, 0.6) is 0 Å². The molecule has 3 heteroatoms. The molecule has 0 aliphatic heterocycles. The van der Waals surface area contributed by atoms with Crippen LogP contribution >= 0.6 is 11.6 Å². The summed E-state index contributed by atoms with van der Waals surface area (Å²) in [7, 11) is 0. The quantitative estimate of drug-likeness (QED) is 0.691. The van der Waals surface area contributed by atoms with Crippen molar-refractivity contribution in [2.75, 3.05) is 0 Å². The molecule has 1 aromatic heterocycles. The topological polar surface area (TPSA) is 17.8 Å². The van der Waals surface area contributed by atoms with Gasteiger partial charge in [-0.1, -0.05) is 18.2 Å². The predicted octanol–water partition coefficient (Wildman–Crippen LogP) is 2.92. The first-order valence-corrected chi connectivity index (χ1v) is 5.00. The molecule has 1 heterocycles. The summed E-state index contributed by atoms with van der Waals surface area (Å²) in [6.07, 6.45) is 3.74. The summed E-state index contributed by atoms with van der Waals surface area (Å²) in [6, 6.07) is 8.08. The molecular weight excluding hydrogens is 196 g/mol. The van der Waals surface area contributed by atoms with Gasteiger partial charge in [0.1, 0.15) is 5.82 Å². The second kappa shape index (κ2) is 3.84. The summed E-state index contributed by atoms with van der Waals surface area (Å²) in [4.78, 5) is 4.19. The number of benzene rings is 1. The Hall–Kier alpha value is -1.28. The van der Waals surface area contributed by atoms with Gasteiger partial charge in [0.05, 0.1) is 5.69 Å². The van der Waals surface area contributed by atoms with Crippen LogP contribution in [0.25, 0.3) is 5.69 Å². The van der Waals surface area contributed by atoms with E-state index in [2.05, 4.69) is 4.98 Å². The van der Waals surface area contributed by atoms with Crippen molar-refractivity contribution >= 4 is 11.6 Å². The first-order chi connectivity index (χ1) is 6.83. The van der Waals surface area contributed by atoms with Crippen LogP contribution < -0.4 is 0 Å². The summed E-state index contributed by atoms with van der Waals surface area (Å²) < 4.78 is 2.04. The van der Waals surface area contributed by atoms with Gasteiger partial charge in [-0.2, -0.15) is 0 Å². The van der Waals surface area contributed by atoms with E-state index in [1.807, 2.05) is 42.0 Å². The van der Waals surface area contributed by atoms with Crippen LogP contribution in [0.15, 0.2) is 36.7 Å². The summed E-state index contributed by atoms with van der Waals surface area (Å²) in [5, 5.41) is 0. The van der Waals surface area contributed by atoms with E-state index < -0.39 is 0 Å². The Kier molecular flexibility index (Phi) is 2.55. The van der Waals surface area contributed by atoms with Gasteiger partial charge in [0.15, 0.2) is 0 Å². The van der Waals surface area contributed by atoms with Crippen molar-refractivity contribution in [1.29, 1.82) is 0 Å². The molecule has 0 saturated carbocycles. The fourth-order valence-corrected chi connectivity index (χ4v) is 1.72. The lowest BCUT2D eigenvalue weighted by Crippen LogP contribution is -1.98. The minimum Gasteiger partial charge on any atom is -0.304 e. The van der Waals surface area contributed by atoms with E-state index in [-0.39, 0.29) is 0 Å². The summed E-state index contributed by atoms with van der Waals surface area (Å²) in [5.41, 5.74) is 2.23. The van der Waals surface area contributed by atoms with Crippen molar-refractivity contribution in [2.24, 2.45) is 0 Å². The van der Waals surface area contributed by atoms with E-state index in [0.29, 0.717) is 5.88 Å². The summed E-state index contributed by atoms with van der Waals surface area (Å²) in [5.74, 6) is 1.50. The molecule has 0 bridgehead atoms. The average molecular weight is 207 g/mol. The molecule has 2 rings (SSSR count). The van der Waals surface area contributed by atoms with Crippen molar-refractivity contribution in [3.8, 4) is 5.69 Å². The number of rotatable bonds is 2. The molecule has 0 amide bonds. The SMILES string of the molecule is Cc1nccn1-c1ccccc1CCl. The molecule has 0 N–H and O–H groups in total. The van der Waals surface area contributed by atoms with Gasteiger partial charge in [-0.05, 0) is 18.6 Å². The van der Waals surface area contributed by atoms with Gasteiger partial charge in [-0.25, -0.2) is 4.98 Å². The lowest BCUT2D eigenvalue weighted by atomic mass is 10.2. The minimum absolute atomic E-state index is 0.522. The molecule has 0 atom stereocenters. The third kappa shape index (κ3) is 1.53. The van der Waals surface area contributed by atoms with Crippen molar-refractivity contribution in [2.45, 2.75) is 12.8 Å². The van der Waals surface area contributed by atoms with Crippen LogP contribution in [0.4, 0.5) is 0 Å². The molecule has 0 radical (unpaired) electrons. The number of aromatic nitrogens is 2. The van der Waals surface area contributed by atoms with E-state index in [1.165, 1.54) is 0 Å². The Morgan fingerprint density at radius 2 is 2.14 bits per heavy atom. The van der Waals surface area contributed by atoms with Gasteiger partial charge < -0.3 is 4.57 Å². The minimum atomic E-state index is 0.522. The Labute approximate surface area is 88.2 Å². The van der Waals surface area contributed by atoms with Crippen LogP contribution in [0.2, 0.25) is 0 Å². The molecule has 0 unspecified atom stereocenters. The second-order valence-corrected chi connectivity index (χ2v) is 3.37. The number of nitrogens with zero attached hydrogens (tertiary/aromatic N) is 2. The van der Waals surface area contributed by atoms with Crippen LogP contribution in [-0.4, -0.2) is 9.55 Å². The third-order valence-corrected chi connectivity index (χ3v) is 2.51. The summed E-state index contributed by atoms with van der Waals surface area (Å²) in [6.45, 7) is 1.98. The molecule has 0 saturated heterocycles. The lowest BCUT2D eigenvalue weighted by molar-refractivity contribution is 0.962. The zero-order chi connectivity index (χ0) is 9.97.